The fourth-order valence-electron chi connectivity index (χ4n) is 1.84. The van der Waals surface area contributed by atoms with E-state index in [1.54, 1.807) is 20.4 Å². The molecule has 0 aliphatic carbocycles. The normalized spacial score (nSPS) is 10.0. The Morgan fingerprint density at radius 2 is 1.95 bits per heavy atom. The molecule has 1 aromatic carbocycles. The van der Waals surface area contributed by atoms with E-state index in [0.717, 1.165) is 30.2 Å². The molecule has 0 radical (unpaired) electrons. The van der Waals surface area contributed by atoms with Crippen molar-refractivity contribution in [2.75, 3.05) is 26.1 Å². The van der Waals surface area contributed by atoms with Gasteiger partial charge in [0.15, 0.2) is 11.5 Å². The first-order chi connectivity index (χ1) is 9.33. The maximum atomic E-state index is 5.27. The molecule has 0 fully saturated rings. The molecule has 2 aromatic rings. The number of nitrogens with zero attached hydrogens (tertiary/aromatic N) is 1. The Bertz CT molecular complexity index is 515. The van der Waals surface area contributed by atoms with Crippen LogP contribution in [0, 0.1) is 0 Å². The summed E-state index contributed by atoms with van der Waals surface area (Å²) in [6.07, 6.45) is 4.60. The SMILES string of the molecule is COc1ccc(NCCc2cccnc2)cc1OC. The van der Waals surface area contributed by atoms with E-state index in [4.69, 9.17) is 9.47 Å². The number of hydrogen-bond donors (Lipinski definition) is 1. The predicted octanol–water partition coefficient (Wildman–Crippen LogP) is 2.75. The first kappa shape index (κ1) is 13.2. The van der Waals surface area contributed by atoms with Crippen LogP contribution in [0.2, 0.25) is 0 Å². The van der Waals surface area contributed by atoms with Gasteiger partial charge in [-0.05, 0) is 30.2 Å². The van der Waals surface area contributed by atoms with Crippen LogP contribution < -0.4 is 14.8 Å². The van der Waals surface area contributed by atoms with Crippen molar-refractivity contribution in [3.05, 3.63) is 48.3 Å². The maximum Gasteiger partial charge on any atom is 0.162 e. The first-order valence-electron chi connectivity index (χ1n) is 6.18. The molecule has 4 nitrogen and oxygen atoms in total. The molecule has 1 aromatic heterocycles. The lowest BCUT2D eigenvalue weighted by molar-refractivity contribution is 0.355. The van der Waals surface area contributed by atoms with Gasteiger partial charge in [-0.25, -0.2) is 0 Å². The van der Waals surface area contributed by atoms with Gasteiger partial charge in [-0.2, -0.15) is 0 Å². The Morgan fingerprint density at radius 1 is 1.11 bits per heavy atom. The van der Waals surface area contributed by atoms with E-state index >= 15 is 0 Å². The third-order valence-electron chi connectivity index (χ3n) is 2.85. The van der Waals surface area contributed by atoms with Gasteiger partial charge in [-0.1, -0.05) is 6.07 Å². The average Bonchev–Trinajstić information content (AvgIpc) is 2.48. The monoisotopic (exact) mass is 258 g/mol. The van der Waals surface area contributed by atoms with Crippen LogP contribution in [0.4, 0.5) is 5.69 Å². The summed E-state index contributed by atoms with van der Waals surface area (Å²) in [7, 11) is 3.27. The number of pyridine rings is 1. The molecular formula is C15H18N2O2. The van der Waals surface area contributed by atoms with Crippen molar-refractivity contribution in [1.29, 1.82) is 0 Å². The molecule has 0 unspecified atom stereocenters. The molecule has 0 spiro atoms. The fourth-order valence-corrected chi connectivity index (χ4v) is 1.84. The highest BCUT2D eigenvalue weighted by Crippen LogP contribution is 2.29. The van der Waals surface area contributed by atoms with Crippen LogP contribution in [0.3, 0.4) is 0 Å². The maximum absolute atomic E-state index is 5.27. The highest BCUT2D eigenvalue weighted by Gasteiger charge is 2.03. The van der Waals surface area contributed by atoms with Crippen molar-refractivity contribution in [2.24, 2.45) is 0 Å². The zero-order valence-electron chi connectivity index (χ0n) is 11.2. The Kier molecular flexibility index (Phi) is 4.61. The second-order valence-electron chi connectivity index (χ2n) is 4.11. The van der Waals surface area contributed by atoms with E-state index < -0.39 is 0 Å². The van der Waals surface area contributed by atoms with E-state index in [0.29, 0.717) is 0 Å². The molecule has 2 rings (SSSR count). The molecule has 100 valence electrons. The van der Waals surface area contributed by atoms with Crippen molar-refractivity contribution in [3.8, 4) is 11.5 Å². The van der Waals surface area contributed by atoms with Crippen LogP contribution in [0.1, 0.15) is 5.56 Å². The fraction of sp³-hybridized carbons (Fsp3) is 0.267. The molecule has 4 heteroatoms. The lowest BCUT2D eigenvalue weighted by Gasteiger charge is -2.11. The number of nitrogens with one attached hydrogen (secondary N) is 1. The largest absolute Gasteiger partial charge is 0.493 e. The molecular weight excluding hydrogens is 240 g/mol. The molecule has 0 atom stereocenters. The van der Waals surface area contributed by atoms with Gasteiger partial charge in [0, 0.05) is 30.7 Å². The number of hydrogen-bond acceptors (Lipinski definition) is 4. The van der Waals surface area contributed by atoms with Crippen molar-refractivity contribution in [3.63, 3.8) is 0 Å². The lowest BCUT2D eigenvalue weighted by atomic mass is 10.2. The number of methoxy groups -OCH3 is 2. The van der Waals surface area contributed by atoms with Crippen LogP contribution in [-0.4, -0.2) is 25.7 Å². The molecule has 1 heterocycles. The van der Waals surface area contributed by atoms with Crippen molar-refractivity contribution >= 4 is 5.69 Å². The minimum absolute atomic E-state index is 0.730. The predicted molar refractivity (Wildman–Crippen MR) is 76.0 cm³/mol. The number of anilines is 1. The summed E-state index contributed by atoms with van der Waals surface area (Å²) >= 11 is 0. The Hall–Kier alpha value is -2.23. The molecule has 0 amide bonds. The number of aromatic nitrogens is 1. The topological polar surface area (TPSA) is 43.4 Å². The Balaban J connectivity index is 1.93. The van der Waals surface area contributed by atoms with Crippen molar-refractivity contribution < 1.29 is 9.47 Å². The van der Waals surface area contributed by atoms with Crippen LogP contribution >= 0.6 is 0 Å². The van der Waals surface area contributed by atoms with E-state index in [2.05, 4.69) is 16.4 Å². The smallest absolute Gasteiger partial charge is 0.162 e. The summed E-state index contributed by atoms with van der Waals surface area (Å²) < 4.78 is 10.5. The Morgan fingerprint density at radius 3 is 2.63 bits per heavy atom. The summed E-state index contributed by atoms with van der Waals surface area (Å²) in [6.45, 7) is 0.848. The summed E-state index contributed by atoms with van der Waals surface area (Å²) in [5.74, 6) is 1.47. The quantitative estimate of drug-likeness (QED) is 0.865. The standard InChI is InChI=1S/C15H18N2O2/c1-18-14-6-5-13(10-15(14)19-2)17-9-7-12-4-3-8-16-11-12/h3-6,8,10-11,17H,7,9H2,1-2H3. The van der Waals surface area contributed by atoms with Gasteiger partial charge < -0.3 is 14.8 Å². The first-order valence-corrected chi connectivity index (χ1v) is 6.18. The molecule has 0 saturated carbocycles. The molecule has 19 heavy (non-hydrogen) atoms. The minimum Gasteiger partial charge on any atom is -0.493 e. The average molecular weight is 258 g/mol. The molecule has 0 saturated heterocycles. The van der Waals surface area contributed by atoms with Crippen LogP contribution in [0.5, 0.6) is 11.5 Å². The van der Waals surface area contributed by atoms with Gasteiger partial charge in [-0.15, -0.1) is 0 Å². The second-order valence-corrected chi connectivity index (χ2v) is 4.11. The third kappa shape index (κ3) is 3.61. The summed E-state index contributed by atoms with van der Waals surface area (Å²) in [5.41, 5.74) is 2.23. The molecule has 0 aliphatic rings. The Labute approximate surface area is 113 Å². The summed E-state index contributed by atoms with van der Waals surface area (Å²) in [5, 5.41) is 3.36. The summed E-state index contributed by atoms with van der Waals surface area (Å²) in [6, 6.07) is 9.83. The molecule has 0 aliphatic heterocycles. The lowest BCUT2D eigenvalue weighted by Crippen LogP contribution is -2.05. The summed E-state index contributed by atoms with van der Waals surface area (Å²) in [4.78, 5) is 4.10. The number of rotatable bonds is 6. The highest BCUT2D eigenvalue weighted by molar-refractivity contribution is 5.54. The molecule has 0 bridgehead atoms. The van der Waals surface area contributed by atoms with Crippen LogP contribution in [-0.2, 0) is 6.42 Å². The van der Waals surface area contributed by atoms with Gasteiger partial charge >= 0.3 is 0 Å². The number of ether oxygens (including phenoxy) is 2. The van der Waals surface area contributed by atoms with Gasteiger partial charge in [0.25, 0.3) is 0 Å². The van der Waals surface area contributed by atoms with Gasteiger partial charge in [0.05, 0.1) is 14.2 Å². The van der Waals surface area contributed by atoms with Gasteiger partial charge in [0.2, 0.25) is 0 Å². The van der Waals surface area contributed by atoms with Crippen LogP contribution in [0.15, 0.2) is 42.7 Å². The minimum atomic E-state index is 0.730. The van der Waals surface area contributed by atoms with E-state index in [1.165, 1.54) is 5.56 Å². The zero-order chi connectivity index (χ0) is 13.5. The van der Waals surface area contributed by atoms with E-state index in [-0.39, 0.29) is 0 Å². The number of benzene rings is 1. The molecule has 1 N–H and O–H groups in total. The van der Waals surface area contributed by atoms with Gasteiger partial charge in [-0.3, -0.25) is 4.98 Å². The highest BCUT2D eigenvalue weighted by atomic mass is 16.5. The van der Waals surface area contributed by atoms with Crippen LogP contribution in [0.25, 0.3) is 0 Å². The third-order valence-corrected chi connectivity index (χ3v) is 2.85. The van der Waals surface area contributed by atoms with Crippen molar-refractivity contribution in [2.45, 2.75) is 6.42 Å². The van der Waals surface area contributed by atoms with Gasteiger partial charge in [0.1, 0.15) is 0 Å². The van der Waals surface area contributed by atoms with E-state index in [9.17, 15) is 0 Å². The second kappa shape index (κ2) is 6.64. The van der Waals surface area contributed by atoms with Crippen molar-refractivity contribution in [1.82, 2.24) is 4.98 Å². The van der Waals surface area contributed by atoms with E-state index in [1.807, 2.05) is 30.5 Å². The zero-order valence-corrected chi connectivity index (χ0v) is 11.2.